The average Bonchev–Trinajstić information content (AvgIpc) is 2.21. The Morgan fingerprint density at radius 3 is 2.50 bits per heavy atom. The van der Waals surface area contributed by atoms with Gasteiger partial charge in [0.05, 0.1) is 6.10 Å². The van der Waals surface area contributed by atoms with Gasteiger partial charge < -0.3 is 4.74 Å². The Morgan fingerprint density at radius 1 is 1.21 bits per heavy atom. The van der Waals surface area contributed by atoms with E-state index in [1.807, 2.05) is 12.1 Å². The maximum absolute atomic E-state index is 5.83. The van der Waals surface area contributed by atoms with Crippen molar-refractivity contribution >= 4 is 11.6 Å². The minimum Gasteiger partial charge on any atom is -0.373 e. The summed E-state index contributed by atoms with van der Waals surface area (Å²) in [5.41, 5.74) is 1.25. The van der Waals surface area contributed by atoms with Crippen molar-refractivity contribution in [2.45, 2.75) is 25.9 Å². The highest BCUT2D eigenvalue weighted by molar-refractivity contribution is 6.30. The van der Waals surface area contributed by atoms with Crippen LogP contribution in [0, 0.1) is 5.92 Å². The number of benzene rings is 1. The monoisotopic (exact) mass is 210 g/mol. The Morgan fingerprint density at radius 2 is 1.93 bits per heavy atom. The van der Waals surface area contributed by atoms with Crippen molar-refractivity contribution in [3.8, 4) is 0 Å². The fourth-order valence-corrected chi connectivity index (χ4v) is 1.95. The number of hydrogen-bond acceptors (Lipinski definition) is 1. The van der Waals surface area contributed by atoms with Gasteiger partial charge in [-0.1, -0.05) is 30.7 Å². The van der Waals surface area contributed by atoms with Crippen LogP contribution in [-0.2, 0) is 4.74 Å². The van der Waals surface area contributed by atoms with Crippen LogP contribution in [-0.4, -0.2) is 6.61 Å². The first-order valence-electron chi connectivity index (χ1n) is 5.13. The van der Waals surface area contributed by atoms with Gasteiger partial charge in [-0.3, -0.25) is 0 Å². The van der Waals surface area contributed by atoms with Gasteiger partial charge in [0.1, 0.15) is 0 Å². The van der Waals surface area contributed by atoms with E-state index in [1.54, 1.807) is 0 Å². The number of ether oxygens (including phenoxy) is 1. The molecule has 76 valence electrons. The molecule has 0 spiro atoms. The third-order valence-corrected chi connectivity index (χ3v) is 3.00. The summed E-state index contributed by atoms with van der Waals surface area (Å²) < 4.78 is 5.77. The van der Waals surface area contributed by atoms with Crippen molar-refractivity contribution in [3.05, 3.63) is 34.9 Å². The van der Waals surface area contributed by atoms with Crippen LogP contribution in [0.2, 0.25) is 5.02 Å². The lowest BCUT2D eigenvalue weighted by Gasteiger charge is -2.27. The van der Waals surface area contributed by atoms with Gasteiger partial charge in [0, 0.05) is 11.6 Å². The molecule has 0 aromatic heterocycles. The number of rotatable bonds is 1. The summed E-state index contributed by atoms with van der Waals surface area (Å²) in [7, 11) is 0. The van der Waals surface area contributed by atoms with Crippen molar-refractivity contribution in [1.82, 2.24) is 0 Å². The fourth-order valence-electron chi connectivity index (χ4n) is 1.82. The SMILES string of the molecule is CC1CCC(c2ccc(Cl)cc2)OC1. The minimum absolute atomic E-state index is 0.281. The van der Waals surface area contributed by atoms with Crippen LogP contribution in [0.4, 0.5) is 0 Å². The molecule has 0 amide bonds. The molecule has 1 aliphatic heterocycles. The smallest absolute Gasteiger partial charge is 0.0825 e. The normalized spacial score (nSPS) is 27.6. The first-order valence-corrected chi connectivity index (χ1v) is 5.50. The molecule has 1 aromatic rings. The third kappa shape index (κ3) is 2.28. The molecule has 2 atom stereocenters. The molecule has 2 rings (SSSR count). The molecule has 1 saturated heterocycles. The maximum atomic E-state index is 5.83. The molecule has 0 aliphatic carbocycles. The highest BCUT2D eigenvalue weighted by Crippen LogP contribution is 2.30. The quantitative estimate of drug-likeness (QED) is 0.685. The Balaban J connectivity index is 2.05. The lowest BCUT2D eigenvalue weighted by atomic mass is 9.96. The van der Waals surface area contributed by atoms with Crippen LogP contribution in [0.3, 0.4) is 0 Å². The second kappa shape index (κ2) is 4.33. The lowest BCUT2D eigenvalue weighted by Crippen LogP contribution is -2.18. The first-order chi connectivity index (χ1) is 6.75. The van der Waals surface area contributed by atoms with E-state index in [4.69, 9.17) is 16.3 Å². The van der Waals surface area contributed by atoms with Gasteiger partial charge in [-0.25, -0.2) is 0 Å². The summed E-state index contributed by atoms with van der Waals surface area (Å²) in [6.07, 6.45) is 2.67. The van der Waals surface area contributed by atoms with Gasteiger partial charge in [-0.05, 0) is 36.5 Å². The molecule has 1 aromatic carbocycles. The molecule has 2 heteroatoms. The zero-order chi connectivity index (χ0) is 9.97. The second-order valence-corrected chi connectivity index (χ2v) is 4.49. The van der Waals surface area contributed by atoms with E-state index in [-0.39, 0.29) is 6.10 Å². The number of hydrogen-bond donors (Lipinski definition) is 0. The highest BCUT2D eigenvalue weighted by atomic mass is 35.5. The Labute approximate surface area is 90.0 Å². The second-order valence-electron chi connectivity index (χ2n) is 4.06. The molecule has 0 radical (unpaired) electrons. The Bertz CT molecular complexity index is 286. The molecule has 1 fully saturated rings. The third-order valence-electron chi connectivity index (χ3n) is 2.75. The maximum Gasteiger partial charge on any atom is 0.0825 e. The average molecular weight is 211 g/mol. The van der Waals surface area contributed by atoms with E-state index in [9.17, 15) is 0 Å². The Kier molecular flexibility index (Phi) is 3.09. The van der Waals surface area contributed by atoms with Crippen molar-refractivity contribution in [1.29, 1.82) is 0 Å². The van der Waals surface area contributed by atoms with E-state index < -0.39 is 0 Å². The summed E-state index contributed by atoms with van der Waals surface area (Å²) in [6, 6.07) is 7.97. The highest BCUT2D eigenvalue weighted by Gasteiger charge is 2.19. The summed E-state index contributed by atoms with van der Waals surface area (Å²) in [6.45, 7) is 3.12. The molecule has 0 bridgehead atoms. The summed E-state index contributed by atoms with van der Waals surface area (Å²) in [5, 5.41) is 0.790. The first kappa shape index (κ1) is 10.0. The van der Waals surface area contributed by atoms with Gasteiger partial charge in [0.25, 0.3) is 0 Å². The van der Waals surface area contributed by atoms with Crippen LogP contribution in [0.1, 0.15) is 31.4 Å². The van der Waals surface area contributed by atoms with Crippen LogP contribution < -0.4 is 0 Å². The van der Waals surface area contributed by atoms with E-state index >= 15 is 0 Å². The topological polar surface area (TPSA) is 9.23 Å². The van der Waals surface area contributed by atoms with Crippen LogP contribution >= 0.6 is 11.6 Å². The zero-order valence-electron chi connectivity index (χ0n) is 8.37. The molecular weight excluding hydrogens is 196 g/mol. The van der Waals surface area contributed by atoms with Crippen molar-refractivity contribution in [2.24, 2.45) is 5.92 Å². The predicted molar refractivity (Wildman–Crippen MR) is 58.5 cm³/mol. The molecule has 14 heavy (non-hydrogen) atoms. The van der Waals surface area contributed by atoms with E-state index in [1.165, 1.54) is 12.0 Å². The van der Waals surface area contributed by atoms with E-state index in [0.717, 1.165) is 18.1 Å². The van der Waals surface area contributed by atoms with E-state index in [2.05, 4.69) is 19.1 Å². The van der Waals surface area contributed by atoms with Gasteiger partial charge in [0.2, 0.25) is 0 Å². The van der Waals surface area contributed by atoms with Gasteiger partial charge in [-0.2, -0.15) is 0 Å². The van der Waals surface area contributed by atoms with Crippen LogP contribution in [0.15, 0.2) is 24.3 Å². The summed E-state index contributed by atoms with van der Waals surface area (Å²) >= 11 is 5.83. The molecule has 1 nitrogen and oxygen atoms in total. The van der Waals surface area contributed by atoms with Crippen LogP contribution in [0.25, 0.3) is 0 Å². The molecule has 1 heterocycles. The molecule has 1 aliphatic rings. The standard InChI is InChI=1S/C12H15ClO/c1-9-2-7-12(14-8-9)10-3-5-11(13)6-4-10/h3-6,9,12H,2,7-8H2,1H3. The van der Waals surface area contributed by atoms with E-state index in [0.29, 0.717) is 5.92 Å². The minimum atomic E-state index is 0.281. The molecule has 2 unspecified atom stereocenters. The Hall–Kier alpha value is -0.530. The predicted octanol–water partition coefficient (Wildman–Crippen LogP) is 3.83. The van der Waals surface area contributed by atoms with Crippen molar-refractivity contribution < 1.29 is 4.74 Å². The largest absolute Gasteiger partial charge is 0.373 e. The summed E-state index contributed by atoms with van der Waals surface area (Å²) in [4.78, 5) is 0. The molecular formula is C12H15ClO. The summed E-state index contributed by atoms with van der Waals surface area (Å²) in [5.74, 6) is 0.707. The molecule has 0 saturated carbocycles. The van der Waals surface area contributed by atoms with Gasteiger partial charge >= 0.3 is 0 Å². The fraction of sp³-hybridized carbons (Fsp3) is 0.500. The van der Waals surface area contributed by atoms with Gasteiger partial charge in [-0.15, -0.1) is 0 Å². The number of halogens is 1. The zero-order valence-corrected chi connectivity index (χ0v) is 9.13. The van der Waals surface area contributed by atoms with Crippen molar-refractivity contribution in [3.63, 3.8) is 0 Å². The van der Waals surface area contributed by atoms with Crippen LogP contribution in [0.5, 0.6) is 0 Å². The molecule has 0 N–H and O–H groups in total. The van der Waals surface area contributed by atoms with Crippen molar-refractivity contribution in [2.75, 3.05) is 6.61 Å². The van der Waals surface area contributed by atoms with Gasteiger partial charge in [0.15, 0.2) is 0 Å². The lowest BCUT2D eigenvalue weighted by molar-refractivity contribution is -0.0123.